The molecular weight excluding hydrogens is 437 g/mol. The molecule has 3 fully saturated rings. The second-order valence-electron chi connectivity index (χ2n) is 9.43. The standard InChI is InChI=1S/C24H20FN7O2/c25-18-7-19-14(6-20-21(34-23(33)32(19)20)11-31-4-3-29-30-31)5-15(18)13-1-2-22(28-8-13)24(12-26)16-9-27-10-17(16)24/h1-5,7-8,16-17,20-21,27H,6,9-11H2/t16-,17+,20-,21-,24?/m0/s1. The van der Waals surface area contributed by atoms with Gasteiger partial charge in [-0.15, -0.1) is 5.10 Å². The Hall–Kier alpha value is -3.84. The summed E-state index contributed by atoms with van der Waals surface area (Å²) in [5.41, 5.74) is 2.75. The lowest BCUT2D eigenvalue weighted by molar-refractivity contribution is 0.117. The fraction of sp³-hybridized carbons (Fsp3) is 0.375. The SMILES string of the molecule is N#CC1(c2ccc(-c3cc4c(cc3F)N3C(=O)O[C@@H](Cn5ccnn5)[C@@H]3C4)cn2)[C@@H]2CNC[C@@H]21. The zero-order valence-corrected chi connectivity index (χ0v) is 18.1. The third kappa shape index (κ3) is 2.56. The lowest BCUT2D eigenvalue weighted by Gasteiger charge is -2.16. The van der Waals surface area contributed by atoms with Crippen LogP contribution in [0.3, 0.4) is 0 Å². The highest BCUT2D eigenvalue weighted by Crippen LogP contribution is 2.60. The van der Waals surface area contributed by atoms with Crippen molar-refractivity contribution < 1.29 is 13.9 Å². The van der Waals surface area contributed by atoms with Crippen LogP contribution < -0.4 is 10.2 Å². The number of hydrogen-bond donors (Lipinski definition) is 1. The molecule has 3 aromatic rings. The summed E-state index contributed by atoms with van der Waals surface area (Å²) >= 11 is 0. The highest BCUT2D eigenvalue weighted by molar-refractivity contribution is 5.94. The average Bonchev–Trinajstić information content (AvgIpc) is 3.45. The van der Waals surface area contributed by atoms with Gasteiger partial charge in [0.25, 0.3) is 0 Å². The van der Waals surface area contributed by atoms with Crippen LogP contribution in [-0.2, 0) is 23.1 Å². The summed E-state index contributed by atoms with van der Waals surface area (Å²) in [5, 5.41) is 20.9. The fourth-order valence-corrected chi connectivity index (χ4v) is 6.12. The molecule has 34 heavy (non-hydrogen) atoms. The normalized spacial score (nSPS) is 30.5. The molecule has 1 saturated carbocycles. The maximum atomic E-state index is 15.2. The van der Waals surface area contributed by atoms with E-state index >= 15 is 4.39 Å². The van der Waals surface area contributed by atoms with E-state index in [9.17, 15) is 10.1 Å². The Bertz CT molecular complexity index is 1340. The van der Waals surface area contributed by atoms with Gasteiger partial charge in [-0.3, -0.25) is 9.88 Å². The number of nitriles is 1. The van der Waals surface area contributed by atoms with Crippen molar-refractivity contribution in [2.75, 3.05) is 18.0 Å². The van der Waals surface area contributed by atoms with Crippen LogP contribution in [0.2, 0.25) is 0 Å². The predicted molar refractivity (Wildman–Crippen MR) is 117 cm³/mol. The quantitative estimate of drug-likeness (QED) is 0.639. The van der Waals surface area contributed by atoms with Gasteiger partial charge in [0.2, 0.25) is 0 Å². The number of amides is 1. The first-order valence-electron chi connectivity index (χ1n) is 11.4. The van der Waals surface area contributed by atoms with E-state index in [4.69, 9.17) is 4.74 Å². The van der Waals surface area contributed by atoms with Crippen LogP contribution in [0.4, 0.5) is 14.9 Å². The highest BCUT2D eigenvalue weighted by Gasteiger charge is 2.69. The molecule has 7 rings (SSSR count). The maximum Gasteiger partial charge on any atom is 0.415 e. The number of cyclic esters (lactones) is 1. The van der Waals surface area contributed by atoms with E-state index in [1.165, 1.54) is 6.07 Å². The van der Waals surface area contributed by atoms with Gasteiger partial charge < -0.3 is 10.1 Å². The zero-order valence-electron chi connectivity index (χ0n) is 18.1. The van der Waals surface area contributed by atoms with Crippen molar-refractivity contribution in [1.29, 1.82) is 5.26 Å². The van der Waals surface area contributed by atoms with Gasteiger partial charge in [0.15, 0.2) is 0 Å². The summed E-state index contributed by atoms with van der Waals surface area (Å²) in [5.74, 6) is 0.168. The molecular formula is C24H20FN7O2. The van der Waals surface area contributed by atoms with Crippen LogP contribution in [0.15, 0.2) is 42.9 Å². The Labute approximate surface area is 194 Å². The molecule has 1 amide bonds. The van der Waals surface area contributed by atoms with Crippen LogP contribution in [0.5, 0.6) is 0 Å². The number of rotatable bonds is 4. The Balaban J connectivity index is 1.18. The van der Waals surface area contributed by atoms with Gasteiger partial charge in [0.1, 0.15) is 17.3 Å². The lowest BCUT2D eigenvalue weighted by atomic mass is 9.95. The molecule has 1 unspecified atom stereocenters. The summed E-state index contributed by atoms with van der Waals surface area (Å²) in [4.78, 5) is 18.7. The van der Waals surface area contributed by atoms with Crippen LogP contribution in [0.1, 0.15) is 11.3 Å². The number of halogens is 1. The minimum atomic E-state index is -0.523. The number of hydrogen-bond acceptors (Lipinski definition) is 7. The van der Waals surface area contributed by atoms with Gasteiger partial charge in [-0.1, -0.05) is 11.3 Å². The number of benzene rings is 1. The second kappa shape index (κ2) is 6.84. The monoisotopic (exact) mass is 457 g/mol. The lowest BCUT2D eigenvalue weighted by Crippen LogP contribution is -2.35. The summed E-state index contributed by atoms with van der Waals surface area (Å²) in [6.07, 6.45) is 4.63. The zero-order chi connectivity index (χ0) is 23.0. The molecule has 5 heterocycles. The van der Waals surface area contributed by atoms with Crippen LogP contribution in [0, 0.1) is 29.0 Å². The van der Waals surface area contributed by atoms with Crippen molar-refractivity contribution in [3.63, 3.8) is 0 Å². The molecule has 0 radical (unpaired) electrons. The van der Waals surface area contributed by atoms with E-state index in [1.807, 2.05) is 12.1 Å². The van der Waals surface area contributed by atoms with Crippen molar-refractivity contribution in [3.8, 4) is 17.2 Å². The third-order valence-corrected chi connectivity index (χ3v) is 7.86. The molecule has 170 valence electrons. The molecule has 9 nitrogen and oxygen atoms in total. The number of nitrogens with one attached hydrogen (secondary N) is 1. The number of ether oxygens (including phenoxy) is 1. The van der Waals surface area contributed by atoms with Gasteiger partial charge in [0, 0.05) is 48.4 Å². The van der Waals surface area contributed by atoms with Crippen LogP contribution >= 0.6 is 0 Å². The van der Waals surface area contributed by atoms with Crippen LogP contribution in [0.25, 0.3) is 11.1 Å². The van der Waals surface area contributed by atoms with Crippen molar-refractivity contribution >= 4 is 11.8 Å². The van der Waals surface area contributed by atoms with E-state index in [1.54, 1.807) is 34.2 Å². The largest absolute Gasteiger partial charge is 0.442 e. The van der Waals surface area contributed by atoms with E-state index < -0.39 is 23.4 Å². The minimum absolute atomic E-state index is 0.222. The Morgan fingerprint density at radius 1 is 1.29 bits per heavy atom. The van der Waals surface area contributed by atoms with E-state index in [2.05, 4.69) is 26.7 Å². The molecule has 1 N–H and O–H groups in total. The number of anilines is 1. The number of aromatic nitrogens is 4. The van der Waals surface area contributed by atoms with E-state index in [0.717, 1.165) is 24.3 Å². The van der Waals surface area contributed by atoms with E-state index in [0.29, 0.717) is 41.6 Å². The van der Waals surface area contributed by atoms with Crippen molar-refractivity contribution in [3.05, 3.63) is 59.9 Å². The van der Waals surface area contributed by atoms with Gasteiger partial charge >= 0.3 is 6.09 Å². The first kappa shape index (κ1) is 19.6. The average molecular weight is 457 g/mol. The first-order valence-corrected chi connectivity index (χ1v) is 11.4. The molecule has 4 aliphatic rings. The fourth-order valence-electron chi connectivity index (χ4n) is 6.12. The third-order valence-electron chi connectivity index (χ3n) is 7.86. The number of pyridine rings is 1. The Kier molecular flexibility index (Phi) is 3.94. The molecule has 1 aromatic carbocycles. The summed E-state index contributed by atoms with van der Waals surface area (Å²) in [6, 6.07) is 9.17. The van der Waals surface area contributed by atoms with Gasteiger partial charge in [-0.25, -0.2) is 13.9 Å². The number of piperidine rings is 1. The Morgan fingerprint density at radius 3 is 2.85 bits per heavy atom. The second-order valence-corrected chi connectivity index (χ2v) is 9.43. The Morgan fingerprint density at radius 2 is 2.15 bits per heavy atom. The molecule has 2 aromatic heterocycles. The van der Waals surface area contributed by atoms with Gasteiger partial charge in [0.05, 0.1) is 36.2 Å². The molecule has 3 aliphatic heterocycles. The molecule has 10 heteroatoms. The maximum absolute atomic E-state index is 15.2. The highest BCUT2D eigenvalue weighted by atomic mass is 19.1. The molecule has 0 spiro atoms. The minimum Gasteiger partial charge on any atom is -0.442 e. The van der Waals surface area contributed by atoms with Crippen molar-refractivity contribution in [2.24, 2.45) is 11.8 Å². The number of fused-ring (bicyclic) bond motifs is 4. The van der Waals surface area contributed by atoms with Crippen molar-refractivity contribution in [2.45, 2.75) is 30.5 Å². The summed E-state index contributed by atoms with van der Waals surface area (Å²) < 4.78 is 22.4. The first-order chi connectivity index (χ1) is 16.6. The topological polar surface area (TPSA) is 109 Å². The number of nitrogens with zero attached hydrogens (tertiary/aromatic N) is 6. The molecule has 5 atom stereocenters. The molecule has 0 bridgehead atoms. The summed E-state index contributed by atoms with van der Waals surface area (Å²) in [7, 11) is 0. The molecule has 1 aliphatic carbocycles. The smallest absolute Gasteiger partial charge is 0.415 e. The van der Waals surface area contributed by atoms with Crippen molar-refractivity contribution in [1.82, 2.24) is 25.3 Å². The van der Waals surface area contributed by atoms with Gasteiger partial charge in [-0.2, -0.15) is 5.26 Å². The van der Waals surface area contributed by atoms with Gasteiger partial charge in [-0.05, 0) is 30.2 Å². The number of carbonyl (C=O) groups excluding carboxylic acids is 1. The predicted octanol–water partition coefficient (Wildman–Crippen LogP) is 2.04. The summed E-state index contributed by atoms with van der Waals surface area (Å²) in [6.45, 7) is 2.05. The van der Waals surface area contributed by atoms with E-state index in [-0.39, 0.29) is 6.04 Å². The van der Waals surface area contributed by atoms with Crippen LogP contribution in [-0.4, -0.2) is 51.3 Å². The number of carbonyl (C=O) groups is 1. The molecule has 2 saturated heterocycles.